The van der Waals surface area contributed by atoms with Crippen LogP contribution < -0.4 is 0 Å². The molecule has 1 aromatic heterocycles. The fourth-order valence-electron chi connectivity index (χ4n) is 2.23. The normalized spacial score (nSPS) is 12.8. The Morgan fingerprint density at radius 3 is 2.43 bits per heavy atom. The van der Waals surface area contributed by atoms with Crippen molar-refractivity contribution >= 4 is 17.5 Å². The summed E-state index contributed by atoms with van der Waals surface area (Å²) in [4.78, 5) is 25.1. The highest BCUT2D eigenvalue weighted by molar-refractivity contribution is 6.33. The van der Waals surface area contributed by atoms with E-state index in [1.807, 2.05) is 41.8 Å². The summed E-state index contributed by atoms with van der Waals surface area (Å²) in [6.07, 6.45) is 1.52. The van der Waals surface area contributed by atoms with Crippen LogP contribution in [0, 0.1) is 0 Å². The van der Waals surface area contributed by atoms with Crippen LogP contribution in [0.15, 0.2) is 6.20 Å². The van der Waals surface area contributed by atoms with E-state index in [9.17, 15) is 4.79 Å². The third kappa shape index (κ3) is 4.64. The van der Waals surface area contributed by atoms with E-state index >= 15 is 0 Å². The van der Waals surface area contributed by atoms with Gasteiger partial charge < -0.3 is 9.80 Å². The number of halogens is 1. The Morgan fingerprint density at radius 2 is 1.95 bits per heavy atom. The molecular weight excluding hydrogens is 288 g/mol. The quantitative estimate of drug-likeness (QED) is 0.810. The molecule has 0 saturated heterocycles. The van der Waals surface area contributed by atoms with Gasteiger partial charge in [0.2, 0.25) is 0 Å². The molecule has 0 spiro atoms. The van der Waals surface area contributed by atoms with Crippen LogP contribution in [0.3, 0.4) is 0 Å². The summed E-state index contributed by atoms with van der Waals surface area (Å²) < 4.78 is 0. The van der Waals surface area contributed by atoms with Crippen molar-refractivity contribution in [3.05, 3.63) is 22.7 Å². The SMILES string of the molecule is CCN(C(=O)c1nc(C(C)C)ncc1Cl)C(C)CN(C)C. The molecule has 1 heterocycles. The lowest BCUT2D eigenvalue weighted by atomic mass is 10.2. The zero-order valence-electron chi connectivity index (χ0n) is 13.7. The lowest BCUT2D eigenvalue weighted by Crippen LogP contribution is -2.44. The lowest BCUT2D eigenvalue weighted by Gasteiger charge is -2.30. The Bertz CT molecular complexity index is 491. The van der Waals surface area contributed by atoms with E-state index in [2.05, 4.69) is 14.9 Å². The molecule has 0 aliphatic heterocycles. The second kappa shape index (κ2) is 7.71. The zero-order valence-corrected chi connectivity index (χ0v) is 14.5. The minimum atomic E-state index is -0.138. The predicted octanol–water partition coefficient (Wildman–Crippen LogP) is 2.67. The molecule has 21 heavy (non-hydrogen) atoms. The van der Waals surface area contributed by atoms with Gasteiger partial charge in [-0.1, -0.05) is 25.4 Å². The first-order valence-corrected chi connectivity index (χ1v) is 7.63. The molecule has 1 aromatic rings. The average Bonchev–Trinajstić information content (AvgIpc) is 2.38. The summed E-state index contributed by atoms with van der Waals surface area (Å²) in [5.74, 6) is 0.656. The maximum atomic E-state index is 12.7. The Balaban J connectivity index is 3.07. The highest BCUT2D eigenvalue weighted by Crippen LogP contribution is 2.19. The van der Waals surface area contributed by atoms with Crippen LogP contribution in [0.25, 0.3) is 0 Å². The number of carbonyl (C=O) groups excluding carboxylic acids is 1. The fraction of sp³-hybridized carbons (Fsp3) is 0.667. The van der Waals surface area contributed by atoms with E-state index in [4.69, 9.17) is 11.6 Å². The molecule has 6 heteroatoms. The number of amides is 1. The van der Waals surface area contributed by atoms with Gasteiger partial charge in [0, 0.05) is 25.0 Å². The van der Waals surface area contributed by atoms with Crippen molar-refractivity contribution in [1.82, 2.24) is 19.8 Å². The van der Waals surface area contributed by atoms with Crippen molar-refractivity contribution in [3.63, 3.8) is 0 Å². The van der Waals surface area contributed by atoms with Crippen molar-refractivity contribution in [3.8, 4) is 0 Å². The molecule has 0 aromatic carbocycles. The highest BCUT2D eigenvalue weighted by atomic mass is 35.5. The van der Waals surface area contributed by atoms with Crippen LogP contribution in [-0.2, 0) is 0 Å². The average molecular weight is 313 g/mol. The Morgan fingerprint density at radius 1 is 1.33 bits per heavy atom. The van der Waals surface area contributed by atoms with E-state index < -0.39 is 0 Å². The largest absolute Gasteiger partial charge is 0.334 e. The Labute approximate surface area is 132 Å². The monoisotopic (exact) mass is 312 g/mol. The summed E-state index contributed by atoms with van der Waals surface area (Å²) in [6.45, 7) is 9.38. The maximum Gasteiger partial charge on any atom is 0.274 e. The van der Waals surface area contributed by atoms with Gasteiger partial charge in [-0.25, -0.2) is 9.97 Å². The van der Waals surface area contributed by atoms with Crippen molar-refractivity contribution in [2.45, 2.75) is 39.7 Å². The summed E-state index contributed by atoms with van der Waals surface area (Å²) in [7, 11) is 3.98. The van der Waals surface area contributed by atoms with Gasteiger partial charge >= 0.3 is 0 Å². The van der Waals surface area contributed by atoms with Gasteiger partial charge in [-0.2, -0.15) is 0 Å². The van der Waals surface area contributed by atoms with Gasteiger partial charge in [0.15, 0.2) is 5.69 Å². The summed E-state index contributed by atoms with van der Waals surface area (Å²) in [5.41, 5.74) is 0.294. The van der Waals surface area contributed by atoms with E-state index in [1.165, 1.54) is 6.20 Å². The molecular formula is C15H25ClN4O. The Kier molecular flexibility index (Phi) is 6.55. The molecule has 0 bridgehead atoms. The van der Waals surface area contributed by atoms with Gasteiger partial charge in [0.1, 0.15) is 5.82 Å². The standard InChI is InChI=1S/C15H25ClN4O/c1-7-20(11(4)9-19(5)6)15(21)13-12(16)8-17-14(18-13)10(2)3/h8,10-11H,7,9H2,1-6H3. The molecule has 0 saturated carbocycles. The molecule has 0 N–H and O–H groups in total. The molecule has 1 unspecified atom stereocenters. The molecule has 0 aliphatic carbocycles. The highest BCUT2D eigenvalue weighted by Gasteiger charge is 2.24. The zero-order chi connectivity index (χ0) is 16.2. The number of nitrogens with zero attached hydrogens (tertiary/aromatic N) is 4. The first-order valence-electron chi connectivity index (χ1n) is 7.26. The topological polar surface area (TPSA) is 49.3 Å². The molecule has 1 rings (SSSR count). The van der Waals surface area contributed by atoms with Gasteiger partial charge in [-0.05, 0) is 27.9 Å². The lowest BCUT2D eigenvalue weighted by molar-refractivity contribution is 0.0672. The minimum Gasteiger partial charge on any atom is -0.334 e. The fourth-order valence-corrected chi connectivity index (χ4v) is 2.40. The number of rotatable bonds is 6. The third-order valence-corrected chi connectivity index (χ3v) is 3.52. The van der Waals surface area contributed by atoms with Crippen LogP contribution >= 0.6 is 11.6 Å². The molecule has 0 radical (unpaired) electrons. The number of hydrogen-bond acceptors (Lipinski definition) is 4. The number of aromatic nitrogens is 2. The van der Waals surface area contributed by atoms with Gasteiger partial charge in [0.05, 0.1) is 11.2 Å². The maximum absolute atomic E-state index is 12.7. The van der Waals surface area contributed by atoms with Gasteiger partial charge in [-0.15, -0.1) is 0 Å². The van der Waals surface area contributed by atoms with Crippen LogP contribution in [0.5, 0.6) is 0 Å². The van der Waals surface area contributed by atoms with Crippen LogP contribution in [0.1, 0.15) is 49.9 Å². The second-order valence-electron chi connectivity index (χ2n) is 5.78. The number of hydrogen-bond donors (Lipinski definition) is 0. The predicted molar refractivity (Wildman–Crippen MR) is 85.9 cm³/mol. The molecule has 0 fully saturated rings. The summed E-state index contributed by atoms with van der Waals surface area (Å²) in [6, 6.07) is 0.0889. The van der Waals surface area contributed by atoms with Gasteiger partial charge in [0.25, 0.3) is 5.91 Å². The number of likely N-dealkylation sites (N-methyl/N-ethyl adjacent to an activating group) is 2. The van der Waals surface area contributed by atoms with E-state index in [0.29, 0.717) is 23.1 Å². The third-order valence-electron chi connectivity index (χ3n) is 3.24. The smallest absolute Gasteiger partial charge is 0.274 e. The van der Waals surface area contributed by atoms with Crippen molar-refractivity contribution in [2.75, 3.05) is 27.2 Å². The van der Waals surface area contributed by atoms with Crippen LogP contribution in [0.4, 0.5) is 0 Å². The van der Waals surface area contributed by atoms with Crippen LogP contribution in [0.2, 0.25) is 5.02 Å². The van der Waals surface area contributed by atoms with E-state index in [1.54, 1.807) is 4.90 Å². The van der Waals surface area contributed by atoms with Gasteiger partial charge in [-0.3, -0.25) is 4.79 Å². The summed E-state index contributed by atoms with van der Waals surface area (Å²) in [5, 5.41) is 0.305. The van der Waals surface area contributed by atoms with E-state index in [-0.39, 0.29) is 17.9 Å². The van der Waals surface area contributed by atoms with Crippen molar-refractivity contribution < 1.29 is 4.79 Å². The van der Waals surface area contributed by atoms with Crippen molar-refractivity contribution in [1.29, 1.82) is 0 Å². The first-order chi connectivity index (χ1) is 9.77. The molecule has 0 aliphatic rings. The number of carbonyl (C=O) groups is 1. The first kappa shape index (κ1) is 17.9. The second-order valence-corrected chi connectivity index (χ2v) is 6.19. The molecule has 1 atom stereocenters. The van der Waals surface area contributed by atoms with Crippen LogP contribution in [-0.4, -0.2) is 58.9 Å². The Hall–Kier alpha value is -1.20. The minimum absolute atomic E-state index is 0.0889. The molecule has 5 nitrogen and oxygen atoms in total. The van der Waals surface area contributed by atoms with E-state index in [0.717, 1.165) is 6.54 Å². The van der Waals surface area contributed by atoms with Crippen molar-refractivity contribution in [2.24, 2.45) is 0 Å². The summed E-state index contributed by atoms with van der Waals surface area (Å²) >= 11 is 6.12. The molecule has 118 valence electrons. The molecule has 1 amide bonds.